The van der Waals surface area contributed by atoms with Crippen LogP contribution in [0.4, 0.5) is 0 Å². The van der Waals surface area contributed by atoms with Gasteiger partial charge in [0.05, 0.1) is 13.2 Å². The van der Waals surface area contributed by atoms with Crippen LogP contribution in [0, 0.1) is 5.92 Å². The van der Waals surface area contributed by atoms with E-state index in [9.17, 15) is 0 Å². The van der Waals surface area contributed by atoms with E-state index >= 15 is 0 Å². The summed E-state index contributed by atoms with van der Waals surface area (Å²) >= 11 is 0. The van der Waals surface area contributed by atoms with Crippen molar-refractivity contribution >= 4 is 0 Å². The van der Waals surface area contributed by atoms with Gasteiger partial charge in [-0.3, -0.25) is 0 Å². The molecule has 2 rings (SSSR count). The first-order valence-electron chi connectivity index (χ1n) is 3.20. The lowest BCUT2D eigenvalue weighted by molar-refractivity contribution is -0.0904. The zero-order valence-corrected chi connectivity index (χ0v) is 4.80. The Morgan fingerprint density at radius 2 is 1.56 bits per heavy atom. The maximum Gasteiger partial charge on any atom is 0.160 e. The molecule has 2 nitrogen and oxygen atoms in total. The Balaban J connectivity index is 0.000000405. The third kappa shape index (κ3) is 1.10. The Kier molecular flexibility index (Phi) is 2.09. The molecule has 0 amide bonds. The van der Waals surface area contributed by atoms with Crippen LogP contribution in [0.15, 0.2) is 0 Å². The average molecular weight is 130 g/mol. The first kappa shape index (κ1) is 7.03. The molecule has 0 saturated carbocycles. The number of ether oxygens (including phenoxy) is 2. The second-order valence-electron chi connectivity index (χ2n) is 2.45. The topological polar surface area (TPSA) is 18.5 Å². The van der Waals surface area contributed by atoms with Crippen molar-refractivity contribution in [3.63, 3.8) is 0 Å². The van der Waals surface area contributed by atoms with Gasteiger partial charge in [-0.15, -0.1) is 0 Å². The van der Waals surface area contributed by atoms with E-state index < -0.39 is 0 Å². The van der Waals surface area contributed by atoms with Gasteiger partial charge in [-0.1, -0.05) is 7.43 Å². The van der Waals surface area contributed by atoms with Crippen molar-refractivity contribution in [2.45, 2.75) is 26.6 Å². The van der Waals surface area contributed by atoms with Crippen LogP contribution in [0.2, 0.25) is 0 Å². The van der Waals surface area contributed by atoms with Crippen molar-refractivity contribution in [3.8, 4) is 0 Å². The molecular weight excluding hydrogens is 116 g/mol. The number of hydrogen-bond acceptors (Lipinski definition) is 2. The zero-order valence-electron chi connectivity index (χ0n) is 4.80. The lowest BCUT2D eigenvalue weighted by atomic mass is 10.1. The number of fused-ring (bicyclic) bond motifs is 1. The lowest BCUT2D eigenvalue weighted by Gasteiger charge is -2.03. The van der Waals surface area contributed by atoms with E-state index in [1.54, 1.807) is 0 Å². The minimum Gasteiger partial charge on any atom is -0.352 e. The fourth-order valence-electron chi connectivity index (χ4n) is 1.41. The molecule has 0 radical (unpaired) electrons. The van der Waals surface area contributed by atoms with Crippen LogP contribution < -0.4 is 0 Å². The van der Waals surface area contributed by atoms with Crippen molar-refractivity contribution in [3.05, 3.63) is 0 Å². The molecule has 0 N–H and O–H groups in total. The quantitative estimate of drug-likeness (QED) is 0.493. The van der Waals surface area contributed by atoms with Gasteiger partial charge in [0.15, 0.2) is 6.29 Å². The Morgan fingerprint density at radius 1 is 1.00 bits per heavy atom. The minimum atomic E-state index is 0. The zero-order chi connectivity index (χ0) is 5.40. The number of hydrogen-bond donors (Lipinski definition) is 0. The van der Waals surface area contributed by atoms with Gasteiger partial charge in [-0.05, 0) is 12.8 Å². The van der Waals surface area contributed by atoms with E-state index in [1.165, 1.54) is 12.8 Å². The predicted octanol–water partition coefficient (Wildman–Crippen LogP) is 1.41. The molecule has 2 fully saturated rings. The Hall–Kier alpha value is -0.0800. The average Bonchev–Trinajstić information content (AvgIpc) is 2.15. The molecule has 0 atom stereocenters. The molecule has 2 aliphatic rings. The summed E-state index contributed by atoms with van der Waals surface area (Å²) in [5, 5.41) is 0. The van der Waals surface area contributed by atoms with E-state index in [4.69, 9.17) is 9.47 Å². The molecule has 0 aromatic heterocycles. The molecule has 2 aliphatic heterocycles. The van der Waals surface area contributed by atoms with Crippen LogP contribution >= 0.6 is 0 Å². The van der Waals surface area contributed by atoms with Crippen LogP contribution in [-0.2, 0) is 9.47 Å². The van der Waals surface area contributed by atoms with Gasteiger partial charge < -0.3 is 9.47 Å². The normalized spacial score (nSPS) is 40.0. The highest BCUT2D eigenvalue weighted by atomic mass is 16.7. The summed E-state index contributed by atoms with van der Waals surface area (Å²) in [6.45, 7) is 1.82. The first-order chi connectivity index (χ1) is 3.97. The van der Waals surface area contributed by atoms with Crippen molar-refractivity contribution in [2.24, 2.45) is 5.92 Å². The van der Waals surface area contributed by atoms with Crippen LogP contribution in [0.1, 0.15) is 20.3 Å². The Labute approximate surface area is 56.2 Å². The summed E-state index contributed by atoms with van der Waals surface area (Å²) in [5.41, 5.74) is 0. The lowest BCUT2D eigenvalue weighted by Crippen LogP contribution is -2.08. The van der Waals surface area contributed by atoms with Gasteiger partial charge in [0.25, 0.3) is 0 Å². The van der Waals surface area contributed by atoms with E-state index in [1.807, 2.05) is 0 Å². The third-order valence-corrected chi connectivity index (χ3v) is 1.93. The van der Waals surface area contributed by atoms with E-state index in [2.05, 4.69) is 0 Å². The van der Waals surface area contributed by atoms with Crippen LogP contribution in [0.25, 0.3) is 0 Å². The summed E-state index contributed by atoms with van der Waals surface area (Å²) < 4.78 is 10.5. The van der Waals surface area contributed by atoms with Gasteiger partial charge in [-0.2, -0.15) is 0 Å². The third-order valence-electron chi connectivity index (χ3n) is 1.93. The molecule has 9 heavy (non-hydrogen) atoms. The minimum absolute atomic E-state index is 0. The van der Waals surface area contributed by atoms with Crippen molar-refractivity contribution in [2.75, 3.05) is 13.2 Å². The molecule has 0 aromatic rings. The summed E-state index contributed by atoms with van der Waals surface area (Å²) in [6.07, 6.45) is 2.60. The first-order valence-corrected chi connectivity index (χ1v) is 3.20. The van der Waals surface area contributed by atoms with E-state index in [-0.39, 0.29) is 13.7 Å². The molecule has 2 heteroatoms. The highest BCUT2D eigenvalue weighted by molar-refractivity contribution is 4.73. The molecule has 0 bridgehead atoms. The highest BCUT2D eigenvalue weighted by Crippen LogP contribution is 2.30. The van der Waals surface area contributed by atoms with Gasteiger partial charge in [0.2, 0.25) is 0 Å². The smallest absolute Gasteiger partial charge is 0.160 e. The van der Waals surface area contributed by atoms with Crippen molar-refractivity contribution < 1.29 is 9.47 Å². The standard InChI is InChI=1S/C6H10O2.CH4/c1-3-7-6-5(1)2-4-8-6;/h5-6H,1-4H2;1H4. The van der Waals surface area contributed by atoms with Gasteiger partial charge in [0, 0.05) is 5.92 Å². The summed E-state index contributed by atoms with van der Waals surface area (Å²) in [6, 6.07) is 0. The molecular formula is C7H14O2. The highest BCUT2D eigenvalue weighted by Gasteiger charge is 2.33. The second-order valence-corrected chi connectivity index (χ2v) is 2.45. The van der Waals surface area contributed by atoms with Gasteiger partial charge >= 0.3 is 0 Å². The van der Waals surface area contributed by atoms with Crippen LogP contribution in [-0.4, -0.2) is 19.5 Å². The molecule has 0 unspecified atom stereocenters. The summed E-state index contributed by atoms with van der Waals surface area (Å²) in [7, 11) is 0. The van der Waals surface area contributed by atoms with Crippen LogP contribution in [0.3, 0.4) is 0 Å². The van der Waals surface area contributed by atoms with Crippen LogP contribution in [0.5, 0.6) is 0 Å². The van der Waals surface area contributed by atoms with Crippen molar-refractivity contribution in [1.82, 2.24) is 0 Å². The maximum atomic E-state index is 5.25. The van der Waals surface area contributed by atoms with Crippen molar-refractivity contribution in [1.29, 1.82) is 0 Å². The van der Waals surface area contributed by atoms with E-state index in [0.717, 1.165) is 19.1 Å². The number of rotatable bonds is 0. The van der Waals surface area contributed by atoms with Gasteiger partial charge in [-0.25, -0.2) is 0 Å². The molecule has 2 heterocycles. The molecule has 0 spiro atoms. The van der Waals surface area contributed by atoms with E-state index in [0.29, 0.717) is 0 Å². The SMILES string of the molecule is C.C1CC2CCOC2O1. The molecule has 0 aromatic carbocycles. The summed E-state index contributed by atoms with van der Waals surface area (Å²) in [5.74, 6) is 0.731. The monoisotopic (exact) mass is 130 g/mol. The Bertz CT molecular complexity index is 72.9. The second kappa shape index (κ2) is 2.67. The maximum absolute atomic E-state index is 5.25. The largest absolute Gasteiger partial charge is 0.352 e. The summed E-state index contributed by atoms with van der Waals surface area (Å²) in [4.78, 5) is 0. The predicted molar refractivity (Wildman–Crippen MR) is 35.1 cm³/mol. The fourth-order valence-corrected chi connectivity index (χ4v) is 1.41. The van der Waals surface area contributed by atoms with Gasteiger partial charge in [0.1, 0.15) is 0 Å². The molecule has 54 valence electrons. The molecule has 2 saturated heterocycles. The fraction of sp³-hybridized carbons (Fsp3) is 1.00. The molecule has 0 aliphatic carbocycles. The Morgan fingerprint density at radius 3 is 2.00 bits per heavy atom.